The van der Waals surface area contributed by atoms with E-state index >= 15 is 0 Å². The Labute approximate surface area is 143 Å². The molecule has 0 spiro atoms. The van der Waals surface area contributed by atoms with E-state index in [0.717, 1.165) is 78.5 Å². The van der Waals surface area contributed by atoms with Crippen molar-refractivity contribution in [3.63, 3.8) is 0 Å². The zero-order valence-corrected chi connectivity index (χ0v) is 14.4. The van der Waals surface area contributed by atoms with Crippen molar-refractivity contribution >= 4 is 11.6 Å². The third-order valence-electron chi connectivity index (χ3n) is 6.90. The first-order chi connectivity index (χ1) is 11.7. The maximum atomic E-state index is 12.5. The van der Waals surface area contributed by atoms with Crippen LogP contribution in [-0.4, -0.2) is 110 Å². The molecule has 0 unspecified atom stereocenters. The monoisotopic (exact) mass is 332 g/mol. The number of nitrogens with zero attached hydrogens (tertiary/aromatic N) is 4. The molecule has 0 saturated carbocycles. The number of rotatable bonds is 0. The van der Waals surface area contributed by atoms with Crippen molar-refractivity contribution in [3.05, 3.63) is 0 Å². The Morgan fingerprint density at radius 3 is 0.875 bits per heavy atom. The molecule has 8 bridgehead atoms. The predicted octanol–water partition coefficient (Wildman–Crippen LogP) is -1.13. The lowest BCUT2D eigenvalue weighted by Crippen LogP contribution is -2.63. The lowest BCUT2D eigenvalue weighted by atomic mass is 9.82. The molecule has 24 heavy (non-hydrogen) atoms. The number of carbonyl (C=O) groups is 2. The summed E-state index contributed by atoms with van der Waals surface area (Å²) in [5, 5.41) is 0. The molecule has 8 heterocycles. The van der Waals surface area contributed by atoms with E-state index in [1.807, 2.05) is 0 Å². The Hall–Kier alpha value is -0.820. The van der Waals surface area contributed by atoms with Gasteiger partial charge in [0.25, 0.3) is 0 Å². The molecular formula is C18H28N4O2. The lowest BCUT2D eigenvalue weighted by molar-refractivity contribution is -0.141. The summed E-state index contributed by atoms with van der Waals surface area (Å²) in [5.74, 6) is 1.92. The van der Waals surface area contributed by atoms with Gasteiger partial charge in [0.1, 0.15) is 11.6 Å². The van der Waals surface area contributed by atoms with E-state index in [0.29, 0.717) is 11.6 Å². The van der Waals surface area contributed by atoms with E-state index in [4.69, 9.17) is 0 Å². The molecular weight excluding hydrogens is 304 g/mol. The van der Waals surface area contributed by atoms with Crippen LogP contribution in [0.25, 0.3) is 0 Å². The van der Waals surface area contributed by atoms with E-state index in [9.17, 15) is 9.59 Å². The molecule has 0 aromatic carbocycles. The highest BCUT2D eigenvalue weighted by atomic mass is 16.1. The maximum Gasteiger partial charge on any atom is 0.144 e. The van der Waals surface area contributed by atoms with Crippen LogP contribution >= 0.6 is 0 Å². The molecule has 8 saturated heterocycles. The fourth-order valence-electron chi connectivity index (χ4n) is 5.70. The van der Waals surface area contributed by atoms with E-state index in [-0.39, 0.29) is 23.7 Å². The first kappa shape index (κ1) is 15.4. The lowest BCUT2D eigenvalue weighted by Gasteiger charge is -2.49. The first-order valence-electron chi connectivity index (χ1n) is 9.62. The minimum Gasteiger partial charge on any atom is -0.301 e. The van der Waals surface area contributed by atoms with Crippen LogP contribution in [0.1, 0.15) is 0 Å². The Bertz CT molecular complexity index is 437. The van der Waals surface area contributed by atoms with Gasteiger partial charge in [-0.05, 0) is 0 Å². The molecule has 0 radical (unpaired) electrons. The number of hydrogen-bond acceptors (Lipinski definition) is 6. The summed E-state index contributed by atoms with van der Waals surface area (Å²) in [4.78, 5) is 35.0. The Balaban J connectivity index is 1.38. The standard InChI is InChI=1S/C18H28N4O2/c23-17-13-5-19-1-2-20-7-15-11-22(12-16(8-20)18(15)24)4-3-21(9-13)10-14(17)6-19/h13-16H,1-12H2. The molecule has 0 atom stereocenters. The molecule has 0 N–H and O–H groups in total. The van der Waals surface area contributed by atoms with Gasteiger partial charge in [-0.3, -0.25) is 9.59 Å². The summed E-state index contributed by atoms with van der Waals surface area (Å²) in [6, 6.07) is 0. The van der Waals surface area contributed by atoms with Gasteiger partial charge in [-0.25, -0.2) is 0 Å². The molecule has 132 valence electrons. The molecule has 0 aromatic heterocycles. The van der Waals surface area contributed by atoms with Crippen LogP contribution in [0.5, 0.6) is 0 Å². The van der Waals surface area contributed by atoms with Crippen molar-refractivity contribution in [2.24, 2.45) is 23.7 Å². The fourth-order valence-corrected chi connectivity index (χ4v) is 5.70. The number of ketones is 2. The third kappa shape index (κ3) is 2.64. The molecule has 0 aliphatic carbocycles. The maximum absolute atomic E-state index is 12.5. The van der Waals surface area contributed by atoms with Crippen molar-refractivity contribution in [1.29, 1.82) is 0 Å². The van der Waals surface area contributed by atoms with Gasteiger partial charge < -0.3 is 19.6 Å². The summed E-state index contributed by atoms with van der Waals surface area (Å²) < 4.78 is 0. The van der Waals surface area contributed by atoms with Crippen LogP contribution in [0.4, 0.5) is 0 Å². The zero-order valence-electron chi connectivity index (χ0n) is 14.4. The third-order valence-corrected chi connectivity index (χ3v) is 6.90. The molecule has 0 amide bonds. The van der Waals surface area contributed by atoms with Crippen LogP contribution < -0.4 is 0 Å². The van der Waals surface area contributed by atoms with Crippen molar-refractivity contribution in [3.8, 4) is 0 Å². The largest absolute Gasteiger partial charge is 0.301 e. The van der Waals surface area contributed by atoms with Gasteiger partial charge in [0.05, 0.1) is 0 Å². The average Bonchev–Trinajstić information content (AvgIpc) is 2.52. The topological polar surface area (TPSA) is 47.1 Å². The summed E-state index contributed by atoms with van der Waals surface area (Å²) in [7, 11) is 0. The Morgan fingerprint density at radius 2 is 0.667 bits per heavy atom. The highest BCUT2D eigenvalue weighted by Gasteiger charge is 2.44. The fraction of sp³-hybridized carbons (Fsp3) is 0.889. The highest BCUT2D eigenvalue weighted by molar-refractivity contribution is 5.86. The average molecular weight is 332 g/mol. The van der Waals surface area contributed by atoms with E-state index < -0.39 is 0 Å². The minimum absolute atomic E-state index is 0.222. The Morgan fingerprint density at radius 1 is 0.458 bits per heavy atom. The van der Waals surface area contributed by atoms with Gasteiger partial charge >= 0.3 is 0 Å². The van der Waals surface area contributed by atoms with Gasteiger partial charge in [0.15, 0.2) is 0 Å². The van der Waals surface area contributed by atoms with Gasteiger partial charge in [-0.1, -0.05) is 0 Å². The minimum atomic E-state index is 0.222. The highest BCUT2D eigenvalue weighted by Crippen LogP contribution is 2.28. The summed E-state index contributed by atoms with van der Waals surface area (Å²) in [6.07, 6.45) is 0. The Kier molecular flexibility index (Phi) is 3.77. The number of hydrogen-bond donors (Lipinski definition) is 0. The van der Waals surface area contributed by atoms with E-state index in [1.54, 1.807) is 0 Å². The smallest absolute Gasteiger partial charge is 0.144 e. The number of piperidine rings is 4. The van der Waals surface area contributed by atoms with Crippen LogP contribution in [-0.2, 0) is 9.59 Å². The van der Waals surface area contributed by atoms with Crippen molar-refractivity contribution < 1.29 is 9.59 Å². The van der Waals surface area contributed by atoms with Crippen LogP contribution in [0.15, 0.2) is 0 Å². The molecule has 8 fully saturated rings. The van der Waals surface area contributed by atoms with E-state index in [1.165, 1.54) is 0 Å². The molecule has 0 aromatic rings. The second kappa shape index (κ2) is 5.87. The second-order valence-corrected chi connectivity index (χ2v) is 8.63. The second-order valence-electron chi connectivity index (χ2n) is 8.63. The normalized spacial score (nSPS) is 51.2. The van der Waals surface area contributed by atoms with Gasteiger partial charge in [0, 0.05) is 102 Å². The summed E-state index contributed by atoms with van der Waals surface area (Å²) >= 11 is 0. The van der Waals surface area contributed by atoms with Gasteiger partial charge in [-0.15, -0.1) is 0 Å². The summed E-state index contributed by atoms with van der Waals surface area (Å²) in [5.41, 5.74) is 0. The van der Waals surface area contributed by atoms with Crippen molar-refractivity contribution in [2.75, 3.05) is 78.5 Å². The number of carbonyl (C=O) groups excluding carboxylic acids is 2. The van der Waals surface area contributed by atoms with Crippen LogP contribution in [0.3, 0.4) is 0 Å². The van der Waals surface area contributed by atoms with Gasteiger partial charge in [-0.2, -0.15) is 0 Å². The quantitative estimate of drug-likeness (QED) is 0.559. The van der Waals surface area contributed by atoms with Crippen LogP contribution in [0, 0.1) is 23.7 Å². The van der Waals surface area contributed by atoms with E-state index in [2.05, 4.69) is 19.6 Å². The molecule has 8 rings (SSSR count). The SMILES string of the molecule is O=C1C2CN3CCN4CC5CN(CCN(C2)CC1C3)CC(C4)C5=O. The zero-order chi connectivity index (χ0) is 16.3. The molecule has 6 nitrogen and oxygen atoms in total. The first-order valence-corrected chi connectivity index (χ1v) is 9.62. The molecule has 8 aliphatic heterocycles. The van der Waals surface area contributed by atoms with Crippen LogP contribution in [0.2, 0.25) is 0 Å². The predicted molar refractivity (Wildman–Crippen MR) is 89.7 cm³/mol. The molecule has 6 heteroatoms. The molecule has 8 aliphatic rings. The van der Waals surface area contributed by atoms with Crippen molar-refractivity contribution in [2.45, 2.75) is 0 Å². The van der Waals surface area contributed by atoms with Crippen molar-refractivity contribution in [1.82, 2.24) is 19.6 Å². The number of Topliss-reactive ketones (excluding diaryl/α,β-unsaturated/α-hetero) is 2. The van der Waals surface area contributed by atoms with Gasteiger partial charge in [0.2, 0.25) is 0 Å². The summed E-state index contributed by atoms with van der Waals surface area (Å²) in [6.45, 7) is 11.7.